The normalized spacial score (nSPS) is 16.8. The number of benzene rings is 3. The summed E-state index contributed by atoms with van der Waals surface area (Å²) in [6, 6.07) is 24.1. The number of hydrogen-bond acceptors (Lipinski definition) is 9. The molecule has 0 spiro atoms. The van der Waals surface area contributed by atoms with E-state index in [-0.39, 0.29) is 30.9 Å². The second kappa shape index (κ2) is 18.5. The zero-order valence-electron chi connectivity index (χ0n) is 36.4. The van der Waals surface area contributed by atoms with Gasteiger partial charge in [-0.05, 0) is 81.3 Å². The lowest BCUT2D eigenvalue weighted by molar-refractivity contribution is -0.131. The average Bonchev–Trinajstić information content (AvgIpc) is 4.05. The van der Waals surface area contributed by atoms with Gasteiger partial charge in [-0.2, -0.15) is 0 Å². The van der Waals surface area contributed by atoms with E-state index < -0.39 is 19.6 Å². The van der Waals surface area contributed by atoms with Crippen molar-refractivity contribution in [2.45, 2.75) is 110 Å². The Morgan fingerprint density at radius 2 is 1.49 bits per heavy atom. The van der Waals surface area contributed by atoms with Crippen LogP contribution in [0.25, 0.3) is 33.6 Å². The Labute approximate surface area is 359 Å². The molecule has 1 N–H and O–H groups in total. The molecular formula is C47H58N6O7Si. The first-order valence-corrected chi connectivity index (χ1v) is 24.9. The third-order valence-electron chi connectivity index (χ3n) is 10.8. The van der Waals surface area contributed by atoms with Gasteiger partial charge in [-0.15, -0.1) is 0 Å². The monoisotopic (exact) mass is 846 g/mol. The third kappa shape index (κ3) is 11.0. The molecule has 5 aromatic rings. The molecule has 0 aliphatic carbocycles. The van der Waals surface area contributed by atoms with E-state index in [1.807, 2.05) is 104 Å². The number of aromatic nitrogens is 4. The molecule has 2 amide bonds. The quantitative estimate of drug-likeness (QED) is 0.0530. The molecule has 2 aliphatic heterocycles. The molecular weight excluding hydrogens is 789 g/mol. The van der Waals surface area contributed by atoms with Crippen molar-refractivity contribution in [3.63, 3.8) is 0 Å². The fourth-order valence-corrected chi connectivity index (χ4v) is 8.51. The van der Waals surface area contributed by atoms with Gasteiger partial charge in [-0.1, -0.05) is 80.3 Å². The number of imidazole rings is 2. The van der Waals surface area contributed by atoms with Crippen LogP contribution in [0.4, 0.5) is 9.59 Å². The largest absolute Gasteiger partial charge is 0.445 e. The summed E-state index contributed by atoms with van der Waals surface area (Å²) in [6.07, 6.45) is 6.30. The second-order valence-corrected chi connectivity index (χ2v) is 23.7. The number of esters is 1. The molecule has 0 bridgehead atoms. The number of aromatic amines is 1. The third-order valence-corrected chi connectivity index (χ3v) is 12.5. The Kier molecular flexibility index (Phi) is 13.1. The van der Waals surface area contributed by atoms with Crippen molar-refractivity contribution in [2.75, 3.05) is 19.7 Å². The molecule has 13 nitrogen and oxygen atoms in total. The molecule has 2 fully saturated rings. The van der Waals surface area contributed by atoms with Gasteiger partial charge in [-0.25, -0.2) is 19.6 Å². The molecule has 14 heteroatoms. The Bertz CT molecular complexity index is 2310. The van der Waals surface area contributed by atoms with Crippen LogP contribution in [0.1, 0.15) is 82.7 Å². The van der Waals surface area contributed by atoms with Crippen molar-refractivity contribution < 1.29 is 33.3 Å². The number of likely N-dealkylation sites (tertiary alicyclic amines) is 2. The Morgan fingerprint density at radius 3 is 2.18 bits per heavy atom. The zero-order valence-corrected chi connectivity index (χ0v) is 37.4. The summed E-state index contributed by atoms with van der Waals surface area (Å²) in [5.41, 5.74) is 5.05. The summed E-state index contributed by atoms with van der Waals surface area (Å²) in [7, 11) is -1.29. The molecule has 61 heavy (non-hydrogen) atoms. The summed E-state index contributed by atoms with van der Waals surface area (Å²) >= 11 is 0. The first-order valence-electron chi connectivity index (χ1n) is 21.2. The fourth-order valence-electron chi connectivity index (χ4n) is 7.76. The lowest BCUT2D eigenvalue weighted by atomic mass is 10.00. The highest BCUT2D eigenvalue weighted by Crippen LogP contribution is 2.38. The van der Waals surface area contributed by atoms with Crippen LogP contribution in [0.3, 0.4) is 0 Å². The Balaban J connectivity index is 1.11. The predicted octanol–water partition coefficient (Wildman–Crippen LogP) is 10.4. The van der Waals surface area contributed by atoms with Gasteiger partial charge in [0.2, 0.25) is 0 Å². The Hall–Kier alpha value is -5.73. The lowest BCUT2D eigenvalue weighted by Crippen LogP contribution is -2.36. The maximum absolute atomic E-state index is 13.4. The van der Waals surface area contributed by atoms with Crippen molar-refractivity contribution >= 4 is 26.2 Å². The molecule has 0 radical (unpaired) electrons. The van der Waals surface area contributed by atoms with Crippen LogP contribution >= 0.6 is 0 Å². The van der Waals surface area contributed by atoms with Crippen LogP contribution in [-0.4, -0.2) is 80.8 Å². The number of carbonyl (C=O) groups is 3. The molecule has 2 aliphatic rings. The van der Waals surface area contributed by atoms with Gasteiger partial charge in [0.1, 0.15) is 36.3 Å². The van der Waals surface area contributed by atoms with E-state index >= 15 is 0 Å². The number of nitrogens with one attached hydrogen (secondary N) is 1. The molecule has 2 unspecified atom stereocenters. The minimum absolute atomic E-state index is 0.209. The van der Waals surface area contributed by atoms with Crippen LogP contribution in [0.2, 0.25) is 25.7 Å². The van der Waals surface area contributed by atoms with E-state index in [0.29, 0.717) is 49.3 Å². The van der Waals surface area contributed by atoms with E-state index in [0.717, 1.165) is 65.5 Å². The van der Waals surface area contributed by atoms with Gasteiger partial charge in [0.05, 0.1) is 23.5 Å². The maximum atomic E-state index is 13.4. The molecule has 4 heterocycles. The van der Waals surface area contributed by atoms with E-state index in [4.69, 9.17) is 28.9 Å². The van der Waals surface area contributed by atoms with Crippen molar-refractivity contribution in [1.29, 1.82) is 0 Å². The van der Waals surface area contributed by atoms with Crippen molar-refractivity contribution in [2.24, 2.45) is 0 Å². The average molecular weight is 847 g/mol. The van der Waals surface area contributed by atoms with Crippen LogP contribution in [-0.2, 0) is 32.3 Å². The van der Waals surface area contributed by atoms with E-state index in [2.05, 4.69) is 24.6 Å². The minimum atomic E-state index is -1.29. The fraction of sp³-hybridized carbons (Fsp3) is 0.426. The predicted molar refractivity (Wildman–Crippen MR) is 236 cm³/mol. The number of hydrogen-bond donors (Lipinski definition) is 1. The van der Waals surface area contributed by atoms with Crippen molar-refractivity contribution in [3.8, 4) is 39.4 Å². The second-order valence-electron chi connectivity index (χ2n) is 18.1. The summed E-state index contributed by atoms with van der Waals surface area (Å²) in [5.74, 6) is 1.36. The molecule has 322 valence electrons. The molecule has 0 saturated carbocycles. The Morgan fingerprint density at radius 1 is 0.820 bits per heavy atom. The molecule has 2 aromatic heterocycles. The summed E-state index contributed by atoms with van der Waals surface area (Å²) in [4.78, 5) is 55.6. The zero-order chi connectivity index (χ0) is 43.3. The first kappa shape index (κ1) is 43.4. The minimum Gasteiger partial charge on any atom is -0.445 e. The maximum Gasteiger partial charge on any atom is 0.410 e. The standard InChI is InChI=1S/C47H58N6O7Si/c1-32(54)59-42-27-36(21-22-37(42)38-28-48-43(49-38)40-15-11-23-52(40)46(56)60-47(2,3)4)34-17-19-35(20-18-34)39-29-51(31-57-25-26-61(5,6)7)44(50-39)41-16-12-24-53(41)45(55)58-30-33-13-9-8-10-14-33/h8-10,13-14,17-22,27-29,40-41H,11-12,15-16,23-26,30-31H2,1-7H3,(H,48,49). The van der Waals surface area contributed by atoms with Gasteiger partial charge in [0.15, 0.2) is 0 Å². The van der Waals surface area contributed by atoms with Gasteiger partial charge in [-0.3, -0.25) is 14.6 Å². The van der Waals surface area contributed by atoms with Crippen LogP contribution in [0.5, 0.6) is 5.75 Å². The summed E-state index contributed by atoms with van der Waals surface area (Å²) in [5, 5.41) is 0. The molecule has 2 saturated heterocycles. The van der Waals surface area contributed by atoms with E-state index in [1.165, 1.54) is 6.92 Å². The number of ether oxygens (including phenoxy) is 4. The van der Waals surface area contributed by atoms with Crippen LogP contribution in [0.15, 0.2) is 85.2 Å². The van der Waals surface area contributed by atoms with Crippen molar-refractivity contribution in [3.05, 3.63) is 102 Å². The van der Waals surface area contributed by atoms with Gasteiger partial charge >= 0.3 is 18.2 Å². The smallest absolute Gasteiger partial charge is 0.410 e. The van der Waals surface area contributed by atoms with Crippen LogP contribution < -0.4 is 4.74 Å². The number of rotatable bonds is 13. The first-order chi connectivity index (χ1) is 29.1. The van der Waals surface area contributed by atoms with Gasteiger partial charge < -0.3 is 28.5 Å². The SMILES string of the molecule is CC(=O)Oc1cc(-c2ccc(-c3cn(COCC[Si](C)(C)C)c(C4CCCN4C(=O)OCc4ccccc4)n3)cc2)ccc1-c1c[nH]c(C2CCCN2C(=O)OC(C)(C)C)n1. The molecule has 2 atom stereocenters. The van der Waals surface area contributed by atoms with E-state index in [1.54, 1.807) is 16.0 Å². The van der Waals surface area contributed by atoms with Gasteiger partial charge in [0, 0.05) is 58.2 Å². The number of nitrogens with zero attached hydrogens (tertiary/aromatic N) is 5. The summed E-state index contributed by atoms with van der Waals surface area (Å²) in [6.45, 7) is 16.3. The highest BCUT2D eigenvalue weighted by molar-refractivity contribution is 6.76. The molecule has 7 rings (SSSR count). The number of carbonyl (C=O) groups excluding carboxylic acids is 3. The van der Waals surface area contributed by atoms with Gasteiger partial charge in [0.25, 0.3) is 0 Å². The summed E-state index contributed by atoms with van der Waals surface area (Å²) < 4.78 is 25.4. The molecule has 3 aromatic carbocycles. The lowest BCUT2D eigenvalue weighted by Gasteiger charge is -2.27. The highest BCUT2D eigenvalue weighted by Gasteiger charge is 2.36. The highest BCUT2D eigenvalue weighted by atomic mass is 28.3. The number of H-pyrrole nitrogens is 1. The van der Waals surface area contributed by atoms with Crippen molar-refractivity contribution in [1.82, 2.24) is 29.3 Å². The number of amides is 2. The van der Waals surface area contributed by atoms with Crippen LogP contribution in [0, 0.1) is 0 Å². The van der Waals surface area contributed by atoms with E-state index in [9.17, 15) is 14.4 Å². The topological polar surface area (TPSA) is 141 Å².